The minimum Gasteiger partial charge on any atom is -0.375 e. The molecule has 7 nitrogen and oxygen atoms in total. The highest BCUT2D eigenvalue weighted by molar-refractivity contribution is 5.94. The van der Waals surface area contributed by atoms with E-state index in [2.05, 4.69) is 32.0 Å². The second-order valence-corrected chi connectivity index (χ2v) is 9.06. The van der Waals surface area contributed by atoms with Gasteiger partial charge >= 0.3 is 0 Å². The first kappa shape index (κ1) is 21.8. The quantitative estimate of drug-likeness (QED) is 0.393. The predicted molar refractivity (Wildman–Crippen MR) is 123 cm³/mol. The first-order chi connectivity index (χ1) is 16.8. The molecule has 0 spiro atoms. The Bertz CT molecular complexity index is 1540. The molecule has 3 aromatic heterocycles. The molecule has 2 aliphatic rings. The normalized spacial score (nSPS) is 17.1. The molecule has 4 heterocycles. The van der Waals surface area contributed by atoms with E-state index >= 15 is 4.39 Å². The number of fused-ring (bicyclic) bond motifs is 4. The van der Waals surface area contributed by atoms with Crippen LogP contribution in [0.15, 0.2) is 30.6 Å². The molecule has 1 fully saturated rings. The molecule has 1 aromatic carbocycles. The SMILES string of the molecule is Cc1nnc2nc(N3CCOCc4c(C#CC5(C(C)(F)F)CC5)cccc43)c3c(F)cncc3n12. The van der Waals surface area contributed by atoms with Crippen molar-refractivity contribution >= 4 is 28.2 Å². The van der Waals surface area contributed by atoms with E-state index in [1.54, 1.807) is 23.6 Å². The zero-order valence-corrected chi connectivity index (χ0v) is 19.1. The van der Waals surface area contributed by atoms with Gasteiger partial charge in [-0.2, -0.15) is 4.98 Å². The number of benzene rings is 1. The fourth-order valence-electron chi connectivity index (χ4n) is 4.62. The Hall–Kier alpha value is -3.71. The largest absolute Gasteiger partial charge is 0.375 e. The number of nitrogens with zero attached hydrogens (tertiary/aromatic N) is 6. The number of ether oxygens (including phenoxy) is 1. The summed E-state index contributed by atoms with van der Waals surface area (Å²) in [6.45, 7) is 3.69. The Morgan fingerprint density at radius 3 is 2.77 bits per heavy atom. The van der Waals surface area contributed by atoms with Gasteiger partial charge in [0.25, 0.3) is 11.7 Å². The van der Waals surface area contributed by atoms with E-state index in [-0.39, 0.29) is 12.0 Å². The Morgan fingerprint density at radius 1 is 1.17 bits per heavy atom. The Labute approximate surface area is 199 Å². The smallest absolute Gasteiger partial charge is 0.261 e. The van der Waals surface area contributed by atoms with Crippen molar-refractivity contribution in [2.45, 2.75) is 39.2 Å². The number of hydrogen-bond acceptors (Lipinski definition) is 6. The molecule has 35 heavy (non-hydrogen) atoms. The number of pyridine rings is 1. The summed E-state index contributed by atoms with van der Waals surface area (Å²) in [5.41, 5.74) is 1.31. The van der Waals surface area contributed by atoms with Gasteiger partial charge in [-0.1, -0.05) is 17.9 Å². The van der Waals surface area contributed by atoms with Gasteiger partial charge in [0.15, 0.2) is 5.82 Å². The van der Waals surface area contributed by atoms with Crippen molar-refractivity contribution in [1.29, 1.82) is 0 Å². The first-order valence-corrected chi connectivity index (χ1v) is 11.3. The van der Waals surface area contributed by atoms with Crippen molar-refractivity contribution in [3.05, 3.63) is 53.4 Å². The van der Waals surface area contributed by atoms with Crippen molar-refractivity contribution in [3.63, 3.8) is 0 Å². The lowest BCUT2D eigenvalue weighted by molar-refractivity contribution is -0.0294. The van der Waals surface area contributed by atoms with Crippen molar-refractivity contribution < 1.29 is 17.9 Å². The zero-order chi connectivity index (χ0) is 24.4. The van der Waals surface area contributed by atoms with Crippen LogP contribution in [0.2, 0.25) is 0 Å². The first-order valence-electron chi connectivity index (χ1n) is 11.3. The third kappa shape index (κ3) is 3.41. The van der Waals surface area contributed by atoms with E-state index in [4.69, 9.17) is 4.74 Å². The van der Waals surface area contributed by atoms with Crippen molar-refractivity contribution in [1.82, 2.24) is 24.6 Å². The minimum absolute atomic E-state index is 0.250. The van der Waals surface area contributed by atoms with Crippen LogP contribution >= 0.6 is 0 Å². The van der Waals surface area contributed by atoms with Gasteiger partial charge in [-0.15, -0.1) is 10.2 Å². The molecule has 178 valence electrons. The lowest BCUT2D eigenvalue weighted by Gasteiger charge is -2.25. The molecule has 0 amide bonds. The summed E-state index contributed by atoms with van der Waals surface area (Å²) in [5, 5.41) is 8.51. The molecule has 6 rings (SSSR count). The Morgan fingerprint density at radius 2 is 2.00 bits per heavy atom. The summed E-state index contributed by atoms with van der Waals surface area (Å²) in [4.78, 5) is 10.5. The molecule has 0 N–H and O–H groups in total. The van der Waals surface area contributed by atoms with E-state index in [1.807, 2.05) is 17.0 Å². The van der Waals surface area contributed by atoms with E-state index in [9.17, 15) is 8.78 Å². The highest BCUT2D eigenvalue weighted by Gasteiger charge is 2.58. The van der Waals surface area contributed by atoms with Gasteiger partial charge < -0.3 is 9.64 Å². The van der Waals surface area contributed by atoms with E-state index in [1.165, 1.54) is 0 Å². The molecular weight excluding hydrogens is 457 g/mol. The lowest BCUT2D eigenvalue weighted by atomic mass is 9.98. The number of rotatable bonds is 2. The van der Waals surface area contributed by atoms with E-state index in [0.29, 0.717) is 54.5 Å². The van der Waals surface area contributed by atoms with Crippen LogP contribution in [0, 0.1) is 30.0 Å². The van der Waals surface area contributed by atoms with Crippen LogP contribution in [0.4, 0.5) is 24.7 Å². The second kappa shape index (κ2) is 7.65. The molecule has 0 radical (unpaired) electrons. The average Bonchev–Trinajstić information content (AvgIpc) is 3.58. The third-order valence-electron chi connectivity index (χ3n) is 6.79. The highest BCUT2D eigenvalue weighted by atomic mass is 19.3. The zero-order valence-electron chi connectivity index (χ0n) is 19.1. The molecule has 0 atom stereocenters. The molecule has 1 aliphatic heterocycles. The second-order valence-electron chi connectivity index (χ2n) is 9.06. The summed E-state index contributed by atoms with van der Waals surface area (Å²) in [7, 11) is 0. The summed E-state index contributed by atoms with van der Waals surface area (Å²) in [6.07, 6.45) is 3.46. The number of aromatic nitrogens is 5. The fraction of sp³-hybridized carbons (Fsp3) is 0.360. The van der Waals surface area contributed by atoms with Gasteiger partial charge in [0.1, 0.15) is 11.6 Å². The molecular formula is C25H21F3N6O. The topological polar surface area (TPSA) is 68.4 Å². The molecule has 0 unspecified atom stereocenters. The summed E-state index contributed by atoms with van der Waals surface area (Å²) < 4.78 is 50.8. The highest BCUT2D eigenvalue weighted by Crippen LogP contribution is 2.56. The third-order valence-corrected chi connectivity index (χ3v) is 6.79. The maximum atomic E-state index is 15.2. The van der Waals surface area contributed by atoms with Crippen LogP contribution in [0.5, 0.6) is 0 Å². The number of hydrogen-bond donors (Lipinski definition) is 0. The van der Waals surface area contributed by atoms with Crippen molar-refractivity contribution in [3.8, 4) is 11.8 Å². The average molecular weight is 478 g/mol. The van der Waals surface area contributed by atoms with Crippen LogP contribution < -0.4 is 4.90 Å². The van der Waals surface area contributed by atoms with E-state index < -0.39 is 17.2 Å². The van der Waals surface area contributed by atoms with Crippen LogP contribution in [0.25, 0.3) is 16.7 Å². The van der Waals surface area contributed by atoms with Gasteiger partial charge in [0.2, 0.25) is 0 Å². The molecule has 1 saturated carbocycles. The maximum Gasteiger partial charge on any atom is 0.261 e. The fourth-order valence-corrected chi connectivity index (χ4v) is 4.62. The van der Waals surface area contributed by atoms with Gasteiger partial charge in [0, 0.05) is 30.3 Å². The van der Waals surface area contributed by atoms with Crippen molar-refractivity contribution in [2.24, 2.45) is 5.41 Å². The standard InChI is InChI=1S/C25H21F3N6O/c1-15-31-32-23-30-22(21-18(26)12-29-13-20(21)34(15)23)33-10-11-35-14-17-16(4-3-5-19(17)33)6-7-25(8-9-25)24(2,27)28/h3-5,12-13H,8-11,14H2,1-2H3. The summed E-state index contributed by atoms with van der Waals surface area (Å²) >= 11 is 0. The van der Waals surface area contributed by atoms with Gasteiger partial charge in [-0.3, -0.25) is 9.38 Å². The van der Waals surface area contributed by atoms with Gasteiger partial charge in [-0.25, -0.2) is 13.2 Å². The predicted octanol–water partition coefficient (Wildman–Crippen LogP) is 4.58. The van der Waals surface area contributed by atoms with Crippen LogP contribution in [-0.4, -0.2) is 43.6 Å². The number of anilines is 2. The van der Waals surface area contributed by atoms with Crippen LogP contribution in [0.3, 0.4) is 0 Å². The Kier molecular flexibility index (Phi) is 4.76. The van der Waals surface area contributed by atoms with Gasteiger partial charge in [-0.05, 0) is 31.9 Å². The minimum atomic E-state index is -2.87. The molecule has 10 heteroatoms. The summed E-state index contributed by atoms with van der Waals surface area (Å²) in [6, 6.07) is 5.48. The Balaban J connectivity index is 1.54. The lowest BCUT2D eigenvalue weighted by Crippen LogP contribution is -2.24. The monoisotopic (exact) mass is 478 g/mol. The van der Waals surface area contributed by atoms with E-state index in [0.717, 1.165) is 24.4 Å². The summed E-state index contributed by atoms with van der Waals surface area (Å²) in [5.74, 6) is 3.68. The number of halogens is 3. The van der Waals surface area contributed by atoms with Crippen LogP contribution in [0.1, 0.15) is 36.7 Å². The maximum absolute atomic E-state index is 15.2. The molecule has 0 saturated heterocycles. The molecule has 4 aromatic rings. The molecule has 0 bridgehead atoms. The number of alkyl halides is 2. The van der Waals surface area contributed by atoms with Crippen LogP contribution in [-0.2, 0) is 11.3 Å². The van der Waals surface area contributed by atoms with Gasteiger partial charge in [0.05, 0.1) is 41.9 Å². The van der Waals surface area contributed by atoms with Crippen molar-refractivity contribution in [2.75, 3.05) is 18.1 Å². The number of aryl methyl sites for hydroxylation is 1. The molecule has 1 aliphatic carbocycles.